The number of nitrogens with two attached hydrogens (primary N) is 1. The first-order chi connectivity index (χ1) is 13.7. The normalized spacial score (nSPS) is 12.6. The Hall–Kier alpha value is -3.77. The third-order valence-electron chi connectivity index (χ3n) is 3.91. The van der Waals surface area contributed by atoms with Crippen molar-refractivity contribution < 1.29 is 23.4 Å². The van der Waals surface area contributed by atoms with E-state index in [1.54, 1.807) is 31.2 Å². The molecule has 3 rings (SSSR count). The molecule has 0 unspecified atom stereocenters. The fourth-order valence-electron chi connectivity index (χ4n) is 2.45. The number of aliphatic hydroxyl groups is 1. The van der Waals surface area contributed by atoms with Crippen molar-refractivity contribution in [2.75, 3.05) is 12.8 Å². The third kappa shape index (κ3) is 4.23. The van der Waals surface area contributed by atoms with Crippen molar-refractivity contribution in [3.05, 3.63) is 59.2 Å². The first-order valence-electron chi connectivity index (χ1n) is 8.42. The molecular formula is C20H17FN4O4. The van der Waals surface area contributed by atoms with Gasteiger partial charge in [0.1, 0.15) is 5.69 Å². The number of aromatic nitrogens is 3. The summed E-state index contributed by atoms with van der Waals surface area (Å²) < 4.78 is 24.2. The van der Waals surface area contributed by atoms with Crippen LogP contribution in [0.15, 0.2) is 34.7 Å². The number of carbonyl (C=O) groups is 1. The number of rotatable bonds is 3. The van der Waals surface area contributed by atoms with Crippen LogP contribution in [-0.2, 0) is 10.3 Å². The number of aryl methyl sites for hydroxylation is 1. The highest BCUT2D eigenvalue weighted by atomic mass is 19.1. The van der Waals surface area contributed by atoms with Crippen LogP contribution in [0.3, 0.4) is 0 Å². The highest BCUT2D eigenvalue weighted by molar-refractivity contribution is 5.93. The summed E-state index contributed by atoms with van der Waals surface area (Å²) in [4.78, 5) is 15.8. The van der Waals surface area contributed by atoms with Gasteiger partial charge in [0.05, 0.1) is 12.8 Å². The van der Waals surface area contributed by atoms with E-state index < -0.39 is 17.4 Å². The summed E-state index contributed by atoms with van der Waals surface area (Å²) in [6.45, 7) is 3.01. The number of halogens is 1. The lowest BCUT2D eigenvalue weighted by molar-refractivity contribution is 0.0595. The largest absolute Gasteiger partial charge is 0.464 e. The Balaban J connectivity index is 1.99. The number of nitrogen functional groups attached to an aromatic ring is 1. The van der Waals surface area contributed by atoms with E-state index in [9.17, 15) is 14.3 Å². The molecule has 1 aromatic carbocycles. The topological polar surface area (TPSA) is 124 Å². The van der Waals surface area contributed by atoms with Crippen molar-refractivity contribution in [3.8, 4) is 23.1 Å². The molecular weight excluding hydrogens is 379 g/mol. The first-order valence-corrected chi connectivity index (χ1v) is 8.42. The van der Waals surface area contributed by atoms with Gasteiger partial charge in [-0.1, -0.05) is 24.0 Å². The molecule has 0 aliphatic heterocycles. The van der Waals surface area contributed by atoms with Crippen LogP contribution < -0.4 is 5.73 Å². The second-order valence-corrected chi connectivity index (χ2v) is 6.28. The number of nitrogens with zero attached hydrogens (tertiary/aromatic N) is 3. The molecule has 2 aromatic heterocycles. The molecule has 0 fully saturated rings. The van der Waals surface area contributed by atoms with E-state index in [4.69, 9.17) is 10.2 Å². The molecule has 0 saturated carbocycles. The predicted octanol–water partition coefficient (Wildman–Crippen LogP) is 2.21. The SMILES string of the molecule is COC(=O)c1nc(-c2cccc(C#C[C@@](C)(O)c3nnc(C)o3)c2)c(F)cc1N. The van der Waals surface area contributed by atoms with Gasteiger partial charge >= 0.3 is 5.97 Å². The standard InChI is InChI=1S/C20H17FN4O4/c1-11-24-25-19(29-11)20(2,27)8-7-12-5-4-6-13(9-12)16-14(21)10-15(22)17(23-16)18(26)28-3/h4-6,9-10,27H,22H2,1-3H3/t20-/m1/s1. The number of anilines is 1. The summed E-state index contributed by atoms with van der Waals surface area (Å²) in [6, 6.07) is 7.48. The maximum absolute atomic E-state index is 14.4. The van der Waals surface area contributed by atoms with Crippen LogP contribution in [0, 0.1) is 24.6 Å². The maximum Gasteiger partial charge on any atom is 0.358 e. The minimum Gasteiger partial charge on any atom is -0.464 e. The van der Waals surface area contributed by atoms with Crippen LogP contribution in [0.5, 0.6) is 0 Å². The molecule has 0 amide bonds. The van der Waals surface area contributed by atoms with E-state index >= 15 is 0 Å². The zero-order valence-electron chi connectivity index (χ0n) is 15.9. The van der Waals surface area contributed by atoms with Gasteiger partial charge in [-0.3, -0.25) is 0 Å². The Kier molecular flexibility index (Phi) is 5.30. The lowest BCUT2D eigenvalue weighted by Crippen LogP contribution is -2.19. The molecule has 0 aliphatic rings. The Morgan fingerprint density at radius 3 is 2.76 bits per heavy atom. The van der Waals surface area contributed by atoms with Crippen molar-refractivity contribution in [2.45, 2.75) is 19.4 Å². The summed E-state index contributed by atoms with van der Waals surface area (Å²) in [5.41, 5.74) is 4.43. The summed E-state index contributed by atoms with van der Waals surface area (Å²) in [5, 5.41) is 17.9. The smallest absolute Gasteiger partial charge is 0.358 e. The maximum atomic E-state index is 14.4. The lowest BCUT2D eigenvalue weighted by atomic mass is 10.0. The van der Waals surface area contributed by atoms with Crippen LogP contribution >= 0.6 is 0 Å². The van der Waals surface area contributed by atoms with E-state index in [1.807, 2.05) is 0 Å². The summed E-state index contributed by atoms with van der Waals surface area (Å²) in [5.74, 6) is 4.23. The minimum absolute atomic E-state index is 0.0346. The fourth-order valence-corrected chi connectivity index (χ4v) is 2.45. The quantitative estimate of drug-likeness (QED) is 0.510. The highest BCUT2D eigenvalue weighted by Gasteiger charge is 2.27. The second kappa shape index (κ2) is 7.69. The van der Waals surface area contributed by atoms with Gasteiger partial charge in [-0.2, -0.15) is 0 Å². The molecule has 3 N–H and O–H groups in total. The minimum atomic E-state index is -1.67. The number of esters is 1. The van der Waals surface area contributed by atoms with Gasteiger partial charge in [-0.25, -0.2) is 14.2 Å². The first kappa shape index (κ1) is 20.0. The van der Waals surface area contributed by atoms with Crippen molar-refractivity contribution >= 4 is 11.7 Å². The van der Waals surface area contributed by atoms with Crippen LogP contribution in [0.4, 0.5) is 10.1 Å². The fraction of sp³-hybridized carbons (Fsp3) is 0.200. The van der Waals surface area contributed by atoms with Gasteiger partial charge in [-0.15, -0.1) is 10.2 Å². The zero-order valence-corrected chi connectivity index (χ0v) is 15.9. The van der Waals surface area contributed by atoms with E-state index in [0.29, 0.717) is 17.0 Å². The average Bonchev–Trinajstić information content (AvgIpc) is 3.13. The van der Waals surface area contributed by atoms with Crippen molar-refractivity contribution in [1.29, 1.82) is 0 Å². The number of methoxy groups -OCH3 is 1. The van der Waals surface area contributed by atoms with E-state index in [1.165, 1.54) is 14.0 Å². The van der Waals surface area contributed by atoms with Crippen LogP contribution in [0.25, 0.3) is 11.3 Å². The molecule has 29 heavy (non-hydrogen) atoms. The van der Waals surface area contributed by atoms with Crippen LogP contribution in [-0.4, -0.2) is 33.4 Å². The molecule has 2 heterocycles. The molecule has 3 aromatic rings. The average molecular weight is 396 g/mol. The van der Waals surface area contributed by atoms with Crippen LogP contribution in [0.2, 0.25) is 0 Å². The Morgan fingerprint density at radius 2 is 2.10 bits per heavy atom. The molecule has 0 spiro atoms. The van der Waals surface area contributed by atoms with Gasteiger partial charge in [0, 0.05) is 24.1 Å². The van der Waals surface area contributed by atoms with Gasteiger partial charge in [0.25, 0.3) is 5.89 Å². The number of carbonyl (C=O) groups excluding carboxylic acids is 1. The molecule has 0 aliphatic carbocycles. The van der Waals surface area contributed by atoms with E-state index in [-0.39, 0.29) is 23.0 Å². The summed E-state index contributed by atoms with van der Waals surface area (Å²) >= 11 is 0. The molecule has 9 heteroatoms. The molecule has 0 radical (unpaired) electrons. The monoisotopic (exact) mass is 396 g/mol. The Bertz CT molecular complexity index is 1140. The van der Waals surface area contributed by atoms with Crippen molar-refractivity contribution in [2.24, 2.45) is 0 Å². The van der Waals surface area contributed by atoms with Gasteiger partial charge < -0.3 is 20.0 Å². The summed E-state index contributed by atoms with van der Waals surface area (Å²) in [6.07, 6.45) is 0. The van der Waals surface area contributed by atoms with Gasteiger partial charge in [0.15, 0.2) is 11.5 Å². The van der Waals surface area contributed by atoms with Gasteiger partial charge in [0.2, 0.25) is 11.5 Å². The van der Waals surface area contributed by atoms with Crippen molar-refractivity contribution in [1.82, 2.24) is 15.2 Å². The Morgan fingerprint density at radius 1 is 1.34 bits per heavy atom. The van der Waals surface area contributed by atoms with Gasteiger partial charge in [-0.05, 0) is 19.1 Å². The highest BCUT2D eigenvalue weighted by Crippen LogP contribution is 2.25. The van der Waals surface area contributed by atoms with Crippen molar-refractivity contribution in [3.63, 3.8) is 0 Å². The van der Waals surface area contributed by atoms with E-state index in [0.717, 1.165) is 6.07 Å². The molecule has 1 atom stereocenters. The molecule has 0 saturated heterocycles. The number of pyridine rings is 1. The summed E-state index contributed by atoms with van der Waals surface area (Å²) in [7, 11) is 1.18. The van der Waals surface area contributed by atoms with E-state index in [2.05, 4.69) is 31.8 Å². The predicted molar refractivity (Wildman–Crippen MR) is 101 cm³/mol. The molecule has 8 nitrogen and oxygen atoms in total. The van der Waals surface area contributed by atoms with Crippen LogP contribution in [0.1, 0.15) is 34.8 Å². The lowest BCUT2D eigenvalue weighted by Gasteiger charge is -2.10. The number of hydrogen-bond acceptors (Lipinski definition) is 8. The Labute approximate surface area is 165 Å². The number of benzene rings is 1. The third-order valence-corrected chi connectivity index (χ3v) is 3.91. The number of ether oxygens (including phenoxy) is 1. The molecule has 148 valence electrons. The number of hydrogen-bond donors (Lipinski definition) is 2. The second-order valence-electron chi connectivity index (χ2n) is 6.28. The zero-order chi connectivity index (χ0) is 21.2. The molecule has 0 bridgehead atoms.